The summed E-state index contributed by atoms with van der Waals surface area (Å²) in [6.45, 7) is 4.39. The smallest absolute Gasteiger partial charge is 0.335 e. The van der Waals surface area contributed by atoms with Gasteiger partial charge in [0.25, 0.3) is 0 Å². The van der Waals surface area contributed by atoms with Crippen LogP contribution in [0.15, 0.2) is 48.5 Å². The molecule has 0 N–H and O–H groups in total. The summed E-state index contributed by atoms with van der Waals surface area (Å²) in [6, 6.07) is 15.8. The van der Waals surface area contributed by atoms with Crippen molar-refractivity contribution in [2.75, 3.05) is 20.3 Å². The first-order chi connectivity index (χ1) is 12.1. The number of methoxy groups -OCH3 is 1. The molecule has 2 aromatic carbocycles. The lowest BCUT2D eigenvalue weighted by Gasteiger charge is -2.16. The van der Waals surface area contributed by atoms with Crippen molar-refractivity contribution in [1.29, 1.82) is 0 Å². The van der Waals surface area contributed by atoms with Crippen molar-refractivity contribution in [2.45, 2.75) is 20.0 Å². The van der Waals surface area contributed by atoms with Crippen molar-refractivity contribution >= 4 is 19.7 Å². The van der Waals surface area contributed by atoms with Crippen molar-refractivity contribution in [3.05, 3.63) is 65.2 Å². The third-order valence-electron chi connectivity index (χ3n) is 3.59. The van der Waals surface area contributed by atoms with Crippen LogP contribution >= 0.6 is 7.60 Å². The maximum Gasteiger partial charge on any atom is 0.335 e. The molecule has 0 spiro atoms. The third kappa shape index (κ3) is 6.17. The summed E-state index contributed by atoms with van der Waals surface area (Å²) in [5.74, 6) is 0.842. The quantitative estimate of drug-likeness (QED) is 0.429. The second kappa shape index (κ2) is 9.57. The Morgan fingerprint density at radius 1 is 0.840 bits per heavy atom. The van der Waals surface area contributed by atoms with Crippen molar-refractivity contribution in [1.82, 2.24) is 0 Å². The summed E-state index contributed by atoms with van der Waals surface area (Å²) >= 11 is 0. The van der Waals surface area contributed by atoms with Gasteiger partial charge >= 0.3 is 7.60 Å². The van der Waals surface area contributed by atoms with E-state index in [1.165, 1.54) is 0 Å². The maximum absolute atomic E-state index is 12.6. The highest BCUT2D eigenvalue weighted by molar-refractivity contribution is 7.53. The van der Waals surface area contributed by atoms with Gasteiger partial charge in [0.2, 0.25) is 0 Å². The second-order valence-corrected chi connectivity index (χ2v) is 7.51. The van der Waals surface area contributed by atoms with E-state index in [1.807, 2.05) is 74.5 Å². The molecule has 0 unspecified atom stereocenters. The topological polar surface area (TPSA) is 44.8 Å². The van der Waals surface area contributed by atoms with Crippen LogP contribution in [0.1, 0.15) is 30.5 Å². The van der Waals surface area contributed by atoms with Gasteiger partial charge < -0.3 is 13.8 Å². The molecule has 0 heterocycles. The molecule has 0 aliphatic heterocycles. The molecular formula is C20H25O4P. The molecule has 0 aromatic heterocycles. The summed E-state index contributed by atoms with van der Waals surface area (Å²) < 4.78 is 28.4. The van der Waals surface area contributed by atoms with E-state index < -0.39 is 7.60 Å². The summed E-state index contributed by atoms with van der Waals surface area (Å²) in [7, 11) is -1.40. The number of rotatable bonds is 9. The molecule has 0 atom stereocenters. The minimum atomic E-state index is -3.06. The fourth-order valence-electron chi connectivity index (χ4n) is 2.39. The number of hydrogen-bond donors (Lipinski definition) is 0. The molecule has 0 aliphatic carbocycles. The van der Waals surface area contributed by atoms with Crippen molar-refractivity contribution in [3.63, 3.8) is 0 Å². The Morgan fingerprint density at radius 2 is 1.32 bits per heavy atom. The molecule has 0 radical (unpaired) electrons. The van der Waals surface area contributed by atoms with Gasteiger partial charge in [-0.1, -0.05) is 48.6 Å². The van der Waals surface area contributed by atoms with Crippen LogP contribution in [-0.4, -0.2) is 20.3 Å². The lowest BCUT2D eigenvalue weighted by Crippen LogP contribution is -1.99. The van der Waals surface area contributed by atoms with E-state index in [1.54, 1.807) is 7.11 Å². The average molecular weight is 360 g/mol. The van der Waals surface area contributed by atoms with Gasteiger partial charge in [0.1, 0.15) is 5.75 Å². The molecule has 5 heteroatoms. The Balaban J connectivity index is 2.03. The van der Waals surface area contributed by atoms with E-state index in [9.17, 15) is 4.57 Å². The van der Waals surface area contributed by atoms with Gasteiger partial charge in [-0.3, -0.25) is 4.57 Å². The van der Waals surface area contributed by atoms with Crippen molar-refractivity contribution < 1.29 is 18.3 Å². The first kappa shape index (κ1) is 19.5. The highest BCUT2D eigenvalue weighted by Gasteiger charge is 2.23. The molecule has 0 bridgehead atoms. The Hall–Kier alpha value is -1.87. The molecule has 25 heavy (non-hydrogen) atoms. The first-order valence-corrected chi connectivity index (χ1v) is 10.1. The number of benzene rings is 2. The molecule has 4 nitrogen and oxygen atoms in total. The zero-order valence-electron chi connectivity index (χ0n) is 15.0. The summed E-state index contributed by atoms with van der Waals surface area (Å²) in [6.07, 6.45) is 4.37. The molecule has 0 amide bonds. The molecule has 134 valence electrons. The fourth-order valence-corrected chi connectivity index (χ4v) is 4.09. The van der Waals surface area contributed by atoms with Crippen LogP contribution in [0.3, 0.4) is 0 Å². The fraction of sp³-hybridized carbons (Fsp3) is 0.300. The van der Waals surface area contributed by atoms with Gasteiger partial charge in [-0.2, -0.15) is 0 Å². The van der Waals surface area contributed by atoms with Gasteiger partial charge in [-0.15, -0.1) is 0 Å². The van der Waals surface area contributed by atoms with E-state index >= 15 is 0 Å². The normalized spacial score (nSPS) is 11.8. The Kier molecular flexibility index (Phi) is 7.45. The van der Waals surface area contributed by atoms with E-state index in [0.717, 1.165) is 22.4 Å². The lowest BCUT2D eigenvalue weighted by molar-refractivity contribution is 0.219. The molecule has 2 aromatic rings. The largest absolute Gasteiger partial charge is 0.497 e. The molecule has 0 saturated heterocycles. The molecular weight excluding hydrogens is 335 g/mol. The molecule has 0 aliphatic rings. The van der Waals surface area contributed by atoms with Gasteiger partial charge in [-0.05, 0) is 42.7 Å². The highest BCUT2D eigenvalue weighted by atomic mass is 31.2. The molecule has 0 saturated carbocycles. The third-order valence-corrected chi connectivity index (χ3v) is 5.65. The SMILES string of the molecule is CCOP(=O)(Cc1ccc(/C=C/c2ccc(OC)cc2)cc1)OCC. The monoisotopic (exact) mass is 360 g/mol. The number of ether oxygens (including phenoxy) is 1. The van der Waals surface area contributed by atoms with Crippen LogP contribution < -0.4 is 4.74 Å². The van der Waals surface area contributed by atoms with E-state index in [0.29, 0.717) is 13.2 Å². The zero-order chi connectivity index (χ0) is 18.1. The second-order valence-electron chi connectivity index (χ2n) is 5.45. The lowest BCUT2D eigenvalue weighted by atomic mass is 10.1. The van der Waals surface area contributed by atoms with Crippen LogP contribution in [0.2, 0.25) is 0 Å². The van der Waals surface area contributed by atoms with E-state index in [-0.39, 0.29) is 6.16 Å². The van der Waals surface area contributed by atoms with Gasteiger partial charge in [0.15, 0.2) is 0 Å². The Morgan fingerprint density at radius 3 is 1.76 bits per heavy atom. The van der Waals surface area contributed by atoms with Gasteiger partial charge in [0, 0.05) is 0 Å². The van der Waals surface area contributed by atoms with Gasteiger partial charge in [0.05, 0.1) is 26.5 Å². The Labute approximate surface area is 150 Å². The predicted octanol–water partition coefficient (Wildman–Crippen LogP) is 5.63. The van der Waals surface area contributed by atoms with Crippen LogP contribution in [-0.2, 0) is 19.8 Å². The molecule has 0 fully saturated rings. The minimum Gasteiger partial charge on any atom is -0.497 e. The van der Waals surface area contributed by atoms with E-state index in [2.05, 4.69) is 0 Å². The van der Waals surface area contributed by atoms with Crippen LogP contribution in [0, 0.1) is 0 Å². The van der Waals surface area contributed by atoms with Crippen molar-refractivity contribution in [3.8, 4) is 5.75 Å². The summed E-state index contributed by atoms with van der Waals surface area (Å²) in [5, 5.41) is 0. The van der Waals surface area contributed by atoms with Crippen LogP contribution in [0.25, 0.3) is 12.2 Å². The number of hydrogen-bond acceptors (Lipinski definition) is 4. The van der Waals surface area contributed by atoms with Crippen LogP contribution in [0.4, 0.5) is 0 Å². The zero-order valence-corrected chi connectivity index (χ0v) is 15.9. The average Bonchev–Trinajstić information content (AvgIpc) is 2.62. The van der Waals surface area contributed by atoms with Gasteiger partial charge in [-0.25, -0.2) is 0 Å². The highest BCUT2D eigenvalue weighted by Crippen LogP contribution is 2.51. The minimum absolute atomic E-state index is 0.289. The van der Waals surface area contributed by atoms with E-state index in [4.69, 9.17) is 13.8 Å². The van der Waals surface area contributed by atoms with Crippen molar-refractivity contribution in [2.24, 2.45) is 0 Å². The molecule has 2 rings (SSSR count). The van der Waals surface area contributed by atoms with Crippen LogP contribution in [0.5, 0.6) is 5.75 Å². The predicted molar refractivity (Wildman–Crippen MR) is 103 cm³/mol. The Bertz CT molecular complexity index is 710. The maximum atomic E-state index is 12.6. The summed E-state index contributed by atoms with van der Waals surface area (Å²) in [4.78, 5) is 0. The summed E-state index contributed by atoms with van der Waals surface area (Å²) in [5.41, 5.74) is 3.11. The first-order valence-electron chi connectivity index (χ1n) is 8.37. The standard InChI is InChI=1S/C20H25O4P/c1-4-23-25(21,24-5-2)16-19-10-8-17(9-11-19)6-7-18-12-14-20(22-3)15-13-18/h6-15H,4-5,16H2,1-3H3/b7-6+.